The second-order valence-corrected chi connectivity index (χ2v) is 11.5. The van der Waals surface area contributed by atoms with E-state index >= 15 is 0 Å². The summed E-state index contributed by atoms with van der Waals surface area (Å²) in [7, 11) is -0.479. The van der Waals surface area contributed by atoms with E-state index in [1.165, 1.54) is 4.31 Å². The van der Waals surface area contributed by atoms with Gasteiger partial charge in [-0.3, -0.25) is 13.9 Å². The minimum atomic E-state index is -3.60. The summed E-state index contributed by atoms with van der Waals surface area (Å²) in [6, 6.07) is 22.9. The lowest BCUT2D eigenvalue weighted by Crippen LogP contribution is -2.49. The van der Waals surface area contributed by atoms with Crippen LogP contribution in [0.2, 0.25) is 0 Å². The van der Waals surface area contributed by atoms with Crippen molar-refractivity contribution in [3.05, 3.63) is 90.0 Å². The number of hydrogen-bond donors (Lipinski definition) is 1. The number of likely N-dealkylation sites (N-methyl/N-ethyl adjacent to an activating group) is 1. The third kappa shape index (κ3) is 9.24. The number of carbonyl (C=O) groups is 2. The number of amides is 2. The molecule has 3 aromatic rings. The van der Waals surface area contributed by atoms with E-state index in [1.54, 1.807) is 43.3 Å². The molecule has 0 unspecified atom stereocenters. The van der Waals surface area contributed by atoms with E-state index in [4.69, 9.17) is 9.47 Å². The SMILES string of the molecule is CCOc1ccc(N(CCCC(=O)N(Cc2cccc(OC)c2)[C@@H](Cc2ccccc2)C(=O)NC)S(C)(=O)=O)cc1. The molecule has 3 rings (SSSR count). The van der Waals surface area contributed by atoms with Gasteiger partial charge in [0.25, 0.3) is 0 Å². The van der Waals surface area contributed by atoms with Crippen LogP contribution in [0, 0.1) is 0 Å². The summed E-state index contributed by atoms with van der Waals surface area (Å²) >= 11 is 0. The number of nitrogens with one attached hydrogen (secondary N) is 1. The van der Waals surface area contributed by atoms with E-state index < -0.39 is 16.1 Å². The van der Waals surface area contributed by atoms with Crippen LogP contribution in [0.25, 0.3) is 0 Å². The largest absolute Gasteiger partial charge is 0.497 e. The Morgan fingerprint density at radius 3 is 2.22 bits per heavy atom. The monoisotopic (exact) mass is 581 g/mol. The third-order valence-corrected chi connectivity index (χ3v) is 7.79. The molecule has 0 aliphatic rings. The lowest BCUT2D eigenvalue weighted by molar-refractivity contribution is -0.141. The summed E-state index contributed by atoms with van der Waals surface area (Å²) < 4.78 is 37.4. The highest BCUT2D eigenvalue weighted by Crippen LogP contribution is 2.23. The predicted molar refractivity (Wildman–Crippen MR) is 161 cm³/mol. The first-order chi connectivity index (χ1) is 19.7. The minimum Gasteiger partial charge on any atom is -0.497 e. The Hall–Kier alpha value is -4.05. The van der Waals surface area contributed by atoms with Gasteiger partial charge in [0.2, 0.25) is 21.8 Å². The Balaban J connectivity index is 1.84. The maximum absolute atomic E-state index is 13.8. The first kappa shape index (κ1) is 31.5. The molecule has 2 amide bonds. The molecule has 0 aromatic heterocycles. The standard InChI is InChI=1S/C31H39N3O6S/c1-5-40-27-18-16-26(17-19-27)34(41(4,37)38)20-10-15-30(35)33(23-25-13-9-14-28(21-25)39-3)29(31(36)32-2)22-24-11-7-6-8-12-24/h6-9,11-14,16-19,21,29H,5,10,15,20,22-23H2,1-4H3,(H,32,36)/t29-/m0/s1. The summed E-state index contributed by atoms with van der Waals surface area (Å²) in [6.07, 6.45) is 1.79. The van der Waals surface area contributed by atoms with Gasteiger partial charge in [-0.15, -0.1) is 0 Å². The Kier molecular flexibility index (Phi) is 11.6. The molecule has 0 radical (unpaired) electrons. The third-order valence-electron chi connectivity index (χ3n) is 6.59. The number of anilines is 1. The van der Waals surface area contributed by atoms with Crippen molar-refractivity contribution in [3.63, 3.8) is 0 Å². The lowest BCUT2D eigenvalue weighted by Gasteiger charge is -2.31. The normalized spacial score (nSPS) is 11.8. The molecule has 0 spiro atoms. The van der Waals surface area contributed by atoms with Crippen LogP contribution < -0.4 is 19.1 Å². The van der Waals surface area contributed by atoms with Crippen LogP contribution >= 0.6 is 0 Å². The number of sulfonamides is 1. The summed E-state index contributed by atoms with van der Waals surface area (Å²) in [5, 5.41) is 2.70. The fraction of sp³-hybridized carbons (Fsp3) is 0.355. The van der Waals surface area contributed by atoms with E-state index in [0.29, 0.717) is 30.2 Å². The molecular weight excluding hydrogens is 542 g/mol. The lowest BCUT2D eigenvalue weighted by atomic mass is 10.0. The van der Waals surface area contributed by atoms with Crippen LogP contribution in [-0.4, -0.2) is 64.7 Å². The zero-order valence-electron chi connectivity index (χ0n) is 24.1. The van der Waals surface area contributed by atoms with Crippen molar-refractivity contribution in [1.82, 2.24) is 10.2 Å². The second-order valence-electron chi connectivity index (χ2n) is 9.56. The van der Waals surface area contributed by atoms with Gasteiger partial charge in [-0.2, -0.15) is 0 Å². The van der Waals surface area contributed by atoms with Crippen LogP contribution in [-0.2, 0) is 32.6 Å². The van der Waals surface area contributed by atoms with Gasteiger partial charge in [0.1, 0.15) is 17.5 Å². The molecule has 10 heteroatoms. The number of rotatable bonds is 15. The van der Waals surface area contributed by atoms with Crippen molar-refractivity contribution in [3.8, 4) is 11.5 Å². The molecule has 0 bridgehead atoms. The van der Waals surface area contributed by atoms with Crippen molar-refractivity contribution in [1.29, 1.82) is 0 Å². The molecule has 3 aromatic carbocycles. The topological polar surface area (TPSA) is 105 Å². The van der Waals surface area contributed by atoms with Crippen molar-refractivity contribution in [2.75, 3.05) is 37.9 Å². The first-order valence-electron chi connectivity index (χ1n) is 13.5. The van der Waals surface area contributed by atoms with Crippen LogP contribution in [0.3, 0.4) is 0 Å². The summed E-state index contributed by atoms with van der Waals surface area (Å²) in [5.74, 6) is 0.759. The molecule has 220 valence electrons. The molecule has 0 saturated heterocycles. The van der Waals surface area contributed by atoms with Crippen molar-refractivity contribution in [2.24, 2.45) is 0 Å². The highest BCUT2D eigenvalue weighted by atomic mass is 32.2. The molecule has 0 saturated carbocycles. The van der Waals surface area contributed by atoms with Crippen LogP contribution in [0.4, 0.5) is 5.69 Å². The van der Waals surface area contributed by atoms with E-state index in [1.807, 2.05) is 61.5 Å². The van der Waals surface area contributed by atoms with Crippen molar-refractivity contribution >= 4 is 27.5 Å². The summed E-state index contributed by atoms with van der Waals surface area (Å²) in [4.78, 5) is 28.5. The Morgan fingerprint density at radius 1 is 0.927 bits per heavy atom. The van der Waals surface area contributed by atoms with Gasteiger partial charge < -0.3 is 19.7 Å². The molecule has 1 atom stereocenters. The number of nitrogens with zero attached hydrogens (tertiary/aromatic N) is 2. The maximum atomic E-state index is 13.8. The smallest absolute Gasteiger partial charge is 0.242 e. The number of methoxy groups -OCH3 is 1. The molecule has 1 N–H and O–H groups in total. The quantitative estimate of drug-likeness (QED) is 0.291. The number of benzene rings is 3. The fourth-order valence-corrected chi connectivity index (χ4v) is 5.53. The van der Waals surface area contributed by atoms with E-state index in [-0.39, 0.29) is 37.7 Å². The Bertz CT molecular complexity index is 1380. The molecule has 0 aliphatic carbocycles. The van der Waals surface area contributed by atoms with E-state index in [2.05, 4.69) is 5.32 Å². The van der Waals surface area contributed by atoms with Crippen LogP contribution in [0.1, 0.15) is 30.9 Å². The zero-order chi connectivity index (χ0) is 29.8. The molecule has 0 aliphatic heterocycles. The average molecular weight is 582 g/mol. The minimum absolute atomic E-state index is 0.0509. The molecule has 9 nitrogen and oxygen atoms in total. The molecule has 0 heterocycles. The summed E-state index contributed by atoms with van der Waals surface area (Å²) in [5.41, 5.74) is 2.22. The molecule has 41 heavy (non-hydrogen) atoms. The number of ether oxygens (including phenoxy) is 2. The van der Waals surface area contributed by atoms with Crippen molar-refractivity contribution < 1.29 is 27.5 Å². The zero-order valence-corrected chi connectivity index (χ0v) is 24.9. The number of hydrogen-bond acceptors (Lipinski definition) is 6. The van der Waals surface area contributed by atoms with Gasteiger partial charge in [-0.05, 0) is 60.9 Å². The maximum Gasteiger partial charge on any atom is 0.242 e. The number of carbonyl (C=O) groups excluding carboxylic acids is 2. The Labute approximate surface area is 243 Å². The highest BCUT2D eigenvalue weighted by molar-refractivity contribution is 7.92. The van der Waals surface area contributed by atoms with E-state index in [0.717, 1.165) is 17.4 Å². The van der Waals surface area contributed by atoms with Crippen LogP contribution in [0.5, 0.6) is 11.5 Å². The fourth-order valence-electron chi connectivity index (χ4n) is 4.57. The van der Waals surface area contributed by atoms with Gasteiger partial charge in [0.05, 0.1) is 25.7 Å². The second kappa shape index (κ2) is 15.1. The molecular formula is C31H39N3O6S. The van der Waals surface area contributed by atoms with Gasteiger partial charge in [-0.25, -0.2) is 8.42 Å². The van der Waals surface area contributed by atoms with Crippen molar-refractivity contribution in [2.45, 2.75) is 38.8 Å². The molecule has 0 fully saturated rings. The first-order valence-corrected chi connectivity index (χ1v) is 15.4. The van der Waals surface area contributed by atoms with Crippen LogP contribution in [0.15, 0.2) is 78.9 Å². The van der Waals surface area contributed by atoms with Gasteiger partial charge in [0, 0.05) is 33.0 Å². The highest BCUT2D eigenvalue weighted by Gasteiger charge is 2.30. The van der Waals surface area contributed by atoms with Gasteiger partial charge >= 0.3 is 0 Å². The average Bonchev–Trinajstić information content (AvgIpc) is 2.97. The Morgan fingerprint density at radius 2 is 1.61 bits per heavy atom. The van der Waals surface area contributed by atoms with Gasteiger partial charge in [0.15, 0.2) is 0 Å². The predicted octanol–water partition coefficient (Wildman–Crippen LogP) is 4.03. The summed E-state index contributed by atoms with van der Waals surface area (Å²) in [6.45, 7) is 2.68. The van der Waals surface area contributed by atoms with Gasteiger partial charge in [-0.1, -0.05) is 42.5 Å². The van der Waals surface area contributed by atoms with E-state index in [9.17, 15) is 18.0 Å².